The second-order valence-electron chi connectivity index (χ2n) is 5.72. The van der Waals surface area contributed by atoms with Gasteiger partial charge >= 0.3 is 0 Å². The summed E-state index contributed by atoms with van der Waals surface area (Å²) in [5, 5.41) is 1.16. The molecule has 23 heavy (non-hydrogen) atoms. The van der Waals surface area contributed by atoms with E-state index in [4.69, 9.17) is 4.98 Å². The Kier molecular flexibility index (Phi) is 3.39. The first-order chi connectivity index (χ1) is 11.3. The number of nitrogens with one attached hydrogen (secondary N) is 1. The van der Waals surface area contributed by atoms with Gasteiger partial charge in [0, 0.05) is 23.0 Å². The van der Waals surface area contributed by atoms with E-state index in [1.54, 1.807) is 6.33 Å². The number of para-hydroxylation sites is 1. The Balaban J connectivity index is 1.99. The lowest BCUT2D eigenvalue weighted by molar-refractivity contribution is 0.937. The summed E-state index contributed by atoms with van der Waals surface area (Å²) in [6.45, 7) is 2.03. The van der Waals surface area contributed by atoms with Crippen molar-refractivity contribution >= 4 is 10.9 Å². The van der Waals surface area contributed by atoms with Crippen molar-refractivity contribution in [3.05, 3.63) is 95.7 Å². The molecule has 0 amide bonds. The number of hydrogen-bond donors (Lipinski definition) is 1. The summed E-state index contributed by atoms with van der Waals surface area (Å²) in [5.74, 6) is 0.0942. The summed E-state index contributed by atoms with van der Waals surface area (Å²) in [7, 11) is 0. The number of aryl methyl sites for hydroxylation is 1. The monoisotopic (exact) mass is 299 g/mol. The van der Waals surface area contributed by atoms with E-state index in [9.17, 15) is 0 Å². The number of pyridine rings is 1. The Bertz CT molecular complexity index is 928. The molecule has 1 atom stereocenters. The molecule has 4 rings (SSSR count). The van der Waals surface area contributed by atoms with E-state index in [1.807, 2.05) is 19.2 Å². The average Bonchev–Trinajstić information content (AvgIpc) is 3.11. The summed E-state index contributed by atoms with van der Waals surface area (Å²) in [6, 6.07) is 21.1. The number of fused-ring (bicyclic) bond motifs is 1. The second kappa shape index (κ2) is 5.69. The quantitative estimate of drug-likeness (QED) is 0.607. The Morgan fingerprint density at radius 2 is 1.78 bits per heavy atom. The van der Waals surface area contributed by atoms with Gasteiger partial charge in [0.1, 0.15) is 0 Å². The van der Waals surface area contributed by atoms with E-state index in [-0.39, 0.29) is 5.92 Å². The van der Waals surface area contributed by atoms with Gasteiger partial charge in [-0.25, -0.2) is 4.98 Å². The molecule has 3 heteroatoms. The molecule has 0 aliphatic heterocycles. The minimum atomic E-state index is 0.0942. The van der Waals surface area contributed by atoms with Crippen LogP contribution >= 0.6 is 0 Å². The number of aromatic nitrogens is 3. The third-order valence-electron chi connectivity index (χ3n) is 4.16. The minimum Gasteiger partial charge on any atom is -0.348 e. The number of benzene rings is 2. The van der Waals surface area contributed by atoms with Crippen LogP contribution in [0.1, 0.15) is 28.4 Å². The van der Waals surface area contributed by atoms with Gasteiger partial charge in [-0.3, -0.25) is 4.98 Å². The molecule has 0 aliphatic carbocycles. The molecule has 3 nitrogen and oxygen atoms in total. The largest absolute Gasteiger partial charge is 0.348 e. The molecule has 1 N–H and O–H groups in total. The Morgan fingerprint density at radius 3 is 2.57 bits per heavy atom. The van der Waals surface area contributed by atoms with Gasteiger partial charge in [-0.05, 0) is 24.1 Å². The number of hydrogen-bond acceptors (Lipinski definition) is 2. The van der Waals surface area contributed by atoms with Gasteiger partial charge < -0.3 is 4.98 Å². The van der Waals surface area contributed by atoms with E-state index in [0.29, 0.717) is 0 Å². The Morgan fingerprint density at radius 1 is 0.913 bits per heavy atom. The molecule has 2 aromatic carbocycles. The lowest BCUT2D eigenvalue weighted by Crippen LogP contribution is -2.05. The Hall–Kier alpha value is -2.94. The van der Waals surface area contributed by atoms with Crippen molar-refractivity contribution in [1.29, 1.82) is 0 Å². The average molecular weight is 299 g/mol. The molecule has 0 saturated heterocycles. The third kappa shape index (κ3) is 2.50. The first-order valence-corrected chi connectivity index (χ1v) is 7.72. The predicted molar refractivity (Wildman–Crippen MR) is 92.5 cm³/mol. The van der Waals surface area contributed by atoms with Crippen molar-refractivity contribution < 1.29 is 0 Å². The lowest BCUT2D eigenvalue weighted by Gasteiger charge is -2.18. The second-order valence-corrected chi connectivity index (χ2v) is 5.72. The highest BCUT2D eigenvalue weighted by molar-refractivity contribution is 5.83. The zero-order chi connectivity index (χ0) is 15.6. The maximum Gasteiger partial charge on any atom is 0.0922 e. The summed E-state index contributed by atoms with van der Waals surface area (Å²) >= 11 is 0. The third-order valence-corrected chi connectivity index (χ3v) is 4.16. The van der Waals surface area contributed by atoms with Crippen LogP contribution in [0.25, 0.3) is 10.9 Å². The van der Waals surface area contributed by atoms with Gasteiger partial charge in [-0.1, -0.05) is 54.6 Å². The smallest absolute Gasteiger partial charge is 0.0922 e. The molecule has 0 fully saturated rings. The maximum absolute atomic E-state index is 4.80. The van der Waals surface area contributed by atoms with Crippen molar-refractivity contribution in [2.75, 3.05) is 0 Å². The van der Waals surface area contributed by atoms with Crippen molar-refractivity contribution in [3.63, 3.8) is 0 Å². The molecule has 2 aromatic heterocycles. The fraction of sp³-hybridized carbons (Fsp3) is 0.100. The van der Waals surface area contributed by atoms with Crippen LogP contribution in [-0.2, 0) is 0 Å². The number of rotatable bonds is 3. The number of H-pyrrole nitrogens is 1. The Labute approximate surface area is 135 Å². The van der Waals surface area contributed by atoms with Gasteiger partial charge in [0.05, 0.1) is 17.8 Å². The molecule has 2 heterocycles. The molecule has 0 radical (unpaired) electrons. The van der Waals surface area contributed by atoms with Gasteiger partial charge in [-0.2, -0.15) is 0 Å². The molecule has 4 aromatic rings. The van der Waals surface area contributed by atoms with E-state index < -0.39 is 0 Å². The summed E-state index contributed by atoms with van der Waals surface area (Å²) in [5.41, 5.74) is 5.58. The van der Waals surface area contributed by atoms with E-state index >= 15 is 0 Å². The zero-order valence-corrected chi connectivity index (χ0v) is 12.9. The number of nitrogens with zero attached hydrogens (tertiary/aromatic N) is 2. The van der Waals surface area contributed by atoms with Crippen molar-refractivity contribution in [3.8, 4) is 0 Å². The molecule has 0 spiro atoms. The lowest BCUT2D eigenvalue weighted by atomic mass is 9.87. The van der Waals surface area contributed by atoms with Crippen molar-refractivity contribution in [1.82, 2.24) is 15.0 Å². The molecular formula is C20H17N3. The normalized spacial score (nSPS) is 12.4. The number of imidazole rings is 1. The van der Waals surface area contributed by atoms with Crippen LogP contribution in [0.4, 0.5) is 0 Å². The van der Waals surface area contributed by atoms with Crippen LogP contribution in [0.5, 0.6) is 0 Å². The highest BCUT2D eigenvalue weighted by Gasteiger charge is 2.20. The minimum absolute atomic E-state index is 0.0942. The summed E-state index contributed by atoms with van der Waals surface area (Å²) in [4.78, 5) is 12.3. The van der Waals surface area contributed by atoms with E-state index in [1.165, 1.54) is 11.1 Å². The van der Waals surface area contributed by atoms with Gasteiger partial charge in [0.2, 0.25) is 0 Å². The summed E-state index contributed by atoms with van der Waals surface area (Å²) < 4.78 is 0. The number of aromatic amines is 1. The standard InChI is InChI=1S/C20H17N3/c1-14-10-11-16-8-5-9-17(20(16)23-14)19(18-12-21-13-22-18)15-6-3-2-4-7-15/h2-13,19H,1H3,(H,21,22). The molecule has 1 unspecified atom stereocenters. The van der Waals surface area contributed by atoms with Crippen LogP contribution < -0.4 is 0 Å². The summed E-state index contributed by atoms with van der Waals surface area (Å²) in [6.07, 6.45) is 3.63. The molecule has 0 saturated carbocycles. The predicted octanol–water partition coefficient (Wildman–Crippen LogP) is 4.45. The van der Waals surface area contributed by atoms with Gasteiger partial charge in [0.25, 0.3) is 0 Å². The van der Waals surface area contributed by atoms with E-state index in [2.05, 4.69) is 64.6 Å². The first-order valence-electron chi connectivity index (χ1n) is 7.72. The molecule has 112 valence electrons. The van der Waals surface area contributed by atoms with Crippen LogP contribution in [0, 0.1) is 6.92 Å². The van der Waals surface area contributed by atoms with Gasteiger partial charge in [-0.15, -0.1) is 0 Å². The topological polar surface area (TPSA) is 41.6 Å². The molecule has 0 aliphatic rings. The molecule has 0 bridgehead atoms. The fourth-order valence-electron chi connectivity index (χ4n) is 3.10. The van der Waals surface area contributed by atoms with Crippen LogP contribution in [0.15, 0.2) is 73.2 Å². The zero-order valence-electron chi connectivity index (χ0n) is 12.9. The SMILES string of the molecule is Cc1ccc2cccc(C(c3ccccc3)c3cnc[nH]3)c2n1. The van der Waals surface area contributed by atoms with E-state index in [0.717, 1.165) is 22.3 Å². The van der Waals surface area contributed by atoms with Gasteiger partial charge in [0.15, 0.2) is 0 Å². The first kappa shape index (κ1) is 13.7. The highest BCUT2D eigenvalue weighted by atomic mass is 14.9. The fourth-order valence-corrected chi connectivity index (χ4v) is 3.10. The van der Waals surface area contributed by atoms with Crippen LogP contribution in [0.3, 0.4) is 0 Å². The molecular weight excluding hydrogens is 282 g/mol. The highest BCUT2D eigenvalue weighted by Crippen LogP contribution is 2.34. The van der Waals surface area contributed by atoms with Crippen LogP contribution in [-0.4, -0.2) is 15.0 Å². The van der Waals surface area contributed by atoms with Crippen LogP contribution in [0.2, 0.25) is 0 Å². The van der Waals surface area contributed by atoms with Crippen molar-refractivity contribution in [2.45, 2.75) is 12.8 Å². The maximum atomic E-state index is 4.80. The van der Waals surface area contributed by atoms with Crippen molar-refractivity contribution in [2.24, 2.45) is 0 Å².